The molecule has 4 aliphatic rings. The Hall–Kier alpha value is -1.64. The molecular weight excluding hydrogens is 402 g/mol. The SMILES string of the molecule is Cl.O=C(c1ccc2c(c1)S(=O)(=O)N(C1CC1)C2=O)N1CC[C@@H]2CNC[C@@H]2CC1. The maximum absolute atomic E-state index is 13.0. The predicted octanol–water partition coefficient (Wildman–Crippen LogP) is 1.49. The Kier molecular flexibility index (Phi) is 4.92. The second-order valence-corrected chi connectivity index (χ2v) is 9.88. The van der Waals surface area contributed by atoms with Crippen LogP contribution in [0.5, 0.6) is 0 Å². The number of carbonyl (C=O) groups excluding carboxylic acids is 2. The molecule has 3 aliphatic heterocycles. The number of nitrogens with zero attached hydrogens (tertiary/aromatic N) is 2. The highest BCUT2D eigenvalue weighted by atomic mass is 35.5. The van der Waals surface area contributed by atoms with Gasteiger partial charge in [0, 0.05) is 24.7 Å². The van der Waals surface area contributed by atoms with Crippen molar-refractivity contribution in [2.24, 2.45) is 11.8 Å². The van der Waals surface area contributed by atoms with Gasteiger partial charge in [-0.3, -0.25) is 9.59 Å². The standard InChI is InChI=1S/C19H23N3O4S.ClH/c23-18(21-7-5-13-10-20-11-14(13)6-8-21)12-1-4-16-17(9-12)27(25,26)22(19(16)24)15-2-3-15;/h1,4,9,13-15,20H,2-3,5-8,10-11H2;1H/t13-,14+;. The molecule has 3 fully saturated rings. The molecule has 1 aliphatic carbocycles. The molecule has 0 unspecified atom stereocenters. The summed E-state index contributed by atoms with van der Waals surface area (Å²) in [6, 6.07) is 4.29. The first-order chi connectivity index (χ1) is 13.0. The molecule has 152 valence electrons. The van der Waals surface area contributed by atoms with E-state index in [1.807, 2.05) is 4.90 Å². The molecule has 1 saturated carbocycles. The second-order valence-electron chi connectivity index (χ2n) is 8.10. The number of benzene rings is 1. The molecule has 1 aromatic rings. The fourth-order valence-corrected chi connectivity index (χ4v) is 6.50. The van der Waals surface area contributed by atoms with Crippen molar-refractivity contribution in [2.75, 3.05) is 26.2 Å². The zero-order valence-corrected chi connectivity index (χ0v) is 17.1. The molecule has 9 heteroatoms. The van der Waals surface area contributed by atoms with Crippen molar-refractivity contribution in [1.29, 1.82) is 0 Å². The van der Waals surface area contributed by atoms with Crippen LogP contribution in [0.4, 0.5) is 0 Å². The summed E-state index contributed by atoms with van der Waals surface area (Å²) in [5.74, 6) is 0.640. The van der Waals surface area contributed by atoms with E-state index in [0.29, 0.717) is 30.5 Å². The van der Waals surface area contributed by atoms with Gasteiger partial charge in [-0.25, -0.2) is 12.7 Å². The molecule has 5 rings (SSSR count). The number of fused-ring (bicyclic) bond motifs is 2. The molecule has 28 heavy (non-hydrogen) atoms. The lowest BCUT2D eigenvalue weighted by Crippen LogP contribution is -2.33. The number of halogens is 1. The van der Waals surface area contributed by atoms with Crippen molar-refractivity contribution in [2.45, 2.75) is 36.6 Å². The van der Waals surface area contributed by atoms with Gasteiger partial charge >= 0.3 is 0 Å². The quantitative estimate of drug-likeness (QED) is 0.775. The first-order valence-corrected chi connectivity index (χ1v) is 11.1. The van der Waals surface area contributed by atoms with Gasteiger partial charge in [0.25, 0.3) is 21.8 Å². The van der Waals surface area contributed by atoms with Crippen LogP contribution in [-0.4, -0.2) is 61.7 Å². The molecule has 3 heterocycles. The van der Waals surface area contributed by atoms with E-state index in [1.54, 1.807) is 6.07 Å². The number of nitrogens with one attached hydrogen (secondary N) is 1. The minimum absolute atomic E-state index is 0. The Labute approximate surface area is 170 Å². The van der Waals surface area contributed by atoms with Gasteiger partial charge in [-0.2, -0.15) is 0 Å². The molecule has 2 amide bonds. The average Bonchev–Trinajstić information content (AvgIpc) is 3.38. The minimum Gasteiger partial charge on any atom is -0.339 e. The number of sulfonamides is 1. The first-order valence-electron chi connectivity index (χ1n) is 9.69. The van der Waals surface area contributed by atoms with Crippen molar-refractivity contribution in [3.05, 3.63) is 29.3 Å². The summed E-state index contributed by atoms with van der Waals surface area (Å²) >= 11 is 0. The summed E-state index contributed by atoms with van der Waals surface area (Å²) in [7, 11) is -3.83. The van der Waals surface area contributed by atoms with Gasteiger partial charge in [-0.1, -0.05) is 0 Å². The van der Waals surface area contributed by atoms with Crippen LogP contribution < -0.4 is 5.32 Å². The zero-order chi connectivity index (χ0) is 18.8. The van der Waals surface area contributed by atoms with Crippen LogP contribution in [-0.2, 0) is 10.0 Å². The number of hydrogen-bond acceptors (Lipinski definition) is 5. The third-order valence-electron chi connectivity index (χ3n) is 6.38. The third-order valence-corrected chi connectivity index (χ3v) is 8.26. The zero-order valence-electron chi connectivity index (χ0n) is 15.5. The highest BCUT2D eigenvalue weighted by molar-refractivity contribution is 7.90. The Bertz CT molecular complexity index is 917. The topological polar surface area (TPSA) is 86.8 Å². The van der Waals surface area contributed by atoms with Crippen LogP contribution in [0.3, 0.4) is 0 Å². The molecule has 2 saturated heterocycles. The number of hydrogen-bond donors (Lipinski definition) is 1. The van der Waals surface area contributed by atoms with Crippen LogP contribution in [0.2, 0.25) is 0 Å². The van der Waals surface area contributed by atoms with Gasteiger partial charge < -0.3 is 10.2 Å². The van der Waals surface area contributed by atoms with Crippen LogP contribution in [0, 0.1) is 11.8 Å². The Balaban J connectivity index is 0.00000192. The molecule has 0 radical (unpaired) electrons. The van der Waals surface area contributed by atoms with Crippen LogP contribution in [0.15, 0.2) is 23.1 Å². The van der Waals surface area contributed by atoms with E-state index in [4.69, 9.17) is 0 Å². The van der Waals surface area contributed by atoms with Gasteiger partial charge in [-0.05, 0) is 68.8 Å². The minimum atomic E-state index is -3.83. The van der Waals surface area contributed by atoms with Gasteiger partial charge in [0.2, 0.25) is 0 Å². The predicted molar refractivity (Wildman–Crippen MR) is 105 cm³/mol. The summed E-state index contributed by atoms with van der Waals surface area (Å²) in [6.45, 7) is 3.42. The fourth-order valence-electron chi connectivity index (χ4n) is 4.65. The largest absolute Gasteiger partial charge is 0.339 e. The molecule has 7 nitrogen and oxygen atoms in total. The lowest BCUT2D eigenvalue weighted by Gasteiger charge is -2.21. The monoisotopic (exact) mass is 425 g/mol. The maximum atomic E-state index is 13.0. The van der Waals surface area contributed by atoms with Crippen molar-refractivity contribution < 1.29 is 18.0 Å². The normalized spacial score (nSPS) is 28.4. The molecule has 0 bridgehead atoms. The van der Waals surface area contributed by atoms with Gasteiger partial charge in [0.1, 0.15) is 4.90 Å². The summed E-state index contributed by atoms with van der Waals surface area (Å²) in [4.78, 5) is 27.3. The lowest BCUT2D eigenvalue weighted by atomic mass is 9.92. The van der Waals surface area contributed by atoms with E-state index in [2.05, 4.69) is 5.32 Å². The second kappa shape index (κ2) is 7.00. The molecule has 1 aromatic carbocycles. The summed E-state index contributed by atoms with van der Waals surface area (Å²) in [5, 5.41) is 3.42. The third kappa shape index (κ3) is 3.02. The molecule has 1 N–H and O–H groups in total. The Morgan fingerprint density at radius 1 is 1.04 bits per heavy atom. The molecule has 2 atom stereocenters. The Morgan fingerprint density at radius 2 is 1.68 bits per heavy atom. The molecule has 0 spiro atoms. The highest BCUT2D eigenvalue weighted by Gasteiger charge is 2.49. The first kappa shape index (κ1) is 19.7. The lowest BCUT2D eigenvalue weighted by molar-refractivity contribution is 0.0757. The van der Waals surface area contributed by atoms with Crippen LogP contribution in [0.25, 0.3) is 0 Å². The summed E-state index contributed by atoms with van der Waals surface area (Å²) < 4.78 is 26.6. The van der Waals surface area contributed by atoms with Gasteiger partial charge in [0.15, 0.2) is 0 Å². The Morgan fingerprint density at radius 3 is 2.29 bits per heavy atom. The van der Waals surface area contributed by atoms with Crippen molar-refractivity contribution in [3.8, 4) is 0 Å². The molecule has 0 aromatic heterocycles. The van der Waals surface area contributed by atoms with Crippen molar-refractivity contribution >= 4 is 34.2 Å². The van der Waals surface area contributed by atoms with E-state index in [-0.39, 0.29) is 34.8 Å². The van der Waals surface area contributed by atoms with E-state index in [0.717, 1.165) is 43.1 Å². The van der Waals surface area contributed by atoms with E-state index in [9.17, 15) is 18.0 Å². The molecular formula is C19H24ClN3O4S. The van der Waals surface area contributed by atoms with Gasteiger partial charge in [-0.15, -0.1) is 12.4 Å². The van der Waals surface area contributed by atoms with Crippen molar-refractivity contribution in [1.82, 2.24) is 14.5 Å². The number of rotatable bonds is 2. The number of amides is 2. The average molecular weight is 426 g/mol. The van der Waals surface area contributed by atoms with Crippen LogP contribution >= 0.6 is 12.4 Å². The number of carbonyl (C=O) groups is 2. The van der Waals surface area contributed by atoms with Crippen LogP contribution in [0.1, 0.15) is 46.4 Å². The van der Waals surface area contributed by atoms with E-state index in [1.165, 1.54) is 12.1 Å². The van der Waals surface area contributed by atoms with E-state index >= 15 is 0 Å². The number of likely N-dealkylation sites (tertiary alicyclic amines) is 1. The van der Waals surface area contributed by atoms with Crippen molar-refractivity contribution in [3.63, 3.8) is 0 Å². The fraction of sp³-hybridized carbons (Fsp3) is 0.579. The smallest absolute Gasteiger partial charge is 0.269 e. The van der Waals surface area contributed by atoms with E-state index < -0.39 is 15.9 Å². The summed E-state index contributed by atoms with van der Waals surface area (Å²) in [5.41, 5.74) is 0.544. The summed E-state index contributed by atoms with van der Waals surface area (Å²) in [6.07, 6.45) is 3.38. The van der Waals surface area contributed by atoms with Gasteiger partial charge in [0.05, 0.1) is 5.56 Å². The maximum Gasteiger partial charge on any atom is 0.269 e. The highest BCUT2D eigenvalue weighted by Crippen LogP contribution is 2.40.